The second-order valence-corrected chi connectivity index (χ2v) is 7.67. The van der Waals surface area contributed by atoms with Gasteiger partial charge in [-0.1, -0.05) is 25.1 Å². The van der Waals surface area contributed by atoms with Crippen LogP contribution in [0.5, 0.6) is 0 Å². The molecule has 0 spiro atoms. The van der Waals surface area contributed by atoms with E-state index in [1.807, 2.05) is 12.4 Å². The highest BCUT2D eigenvalue weighted by Gasteiger charge is 2.21. The predicted octanol–water partition coefficient (Wildman–Crippen LogP) is 2.97. The average Bonchev–Trinajstić information content (AvgIpc) is 2.47. The van der Waals surface area contributed by atoms with E-state index in [0.29, 0.717) is 24.6 Å². The fourth-order valence-electron chi connectivity index (χ4n) is 1.87. The smallest absolute Gasteiger partial charge is 0.407 e. The van der Waals surface area contributed by atoms with Crippen LogP contribution < -0.4 is 10.8 Å². The van der Waals surface area contributed by atoms with E-state index in [-0.39, 0.29) is 17.6 Å². The Morgan fingerprint density at radius 3 is 2.50 bits per heavy atom. The van der Waals surface area contributed by atoms with E-state index in [9.17, 15) is 9.59 Å². The molecule has 3 N–H and O–H groups in total. The van der Waals surface area contributed by atoms with E-state index in [1.54, 1.807) is 27.7 Å². The Morgan fingerprint density at radius 1 is 1.29 bits per heavy atom. The van der Waals surface area contributed by atoms with Crippen molar-refractivity contribution in [3.8, 4) is 0 Å². The lowest BCUT2D eigenvalue weighted by Gasteiger charge is -2.21. The zero-order valence-electron chi connectivity index (χ0n) is 15.3. The highest BCUT2D eigenvalue weighted by atomic mass is 32.2. The molecular formula is C16H31N3O4S. The predicted molar refractivity (Wildman–Crippen MR) is 97.6 cm³/mol. The Kier molecular flexibility index (Phi) is 11.5. The number of amidine groups is 1. The number of unbranched alkanes of at least 4 members (excludes halogenated alkanes) is 1. The summed E-state index contributed by atoms with van der Waals surface area (Å²) in [6, 6.07) is 0. The van der Waals surface area contributed by atoms with Crippen LogP contribution in [0.2, 0.25) is 0 Å². The molecule has 0 aromatic carbocycles. The largest absolute Gasteiger partial charge is 0.444 e. The minimum absolute atomic E-state index is 0.0882. The maximum absolute atomic E-state index is 12.2. The lowest BCUT2D eigenvalue weighted by molar-refractivity contribution is -0.114. The molecule has 0 aliphatic carbocycles. The van der Waals surface area contributed by atoms with Crippen LogP contribution in [0, 0.1) is 5.92 Å². The SMILES string of the molecule is CCSC(=O)[C@H](CCCCN=C(C)NO)CNC(=O)OC(C)(C)C. The van der Waals surface area contributed by atoms with Crippen LogP contribution in [0.15, 0.2) is 4.99 Å². The number of carbonyl (C=O) groups is 2. The molecule has 0 rings (SSSR count). The first-order valence-electron chi connectivity index (χ1n) is 8.24. The highest BCUT2D eigenvalue weighted by molar-refractivity contribution is 8.13. The van der Waals surface area contributed by atoms with Crippen molar-refractivity contribution in [3.63, 3.8) is 0 Å². The number of rotatable bonds is 9. The molecule has 0 aliphatic heterocycles. The molecule has 0 unspecified atom stereocenters. The van der Waals surface area contributed by atoms with Crippen LogP contribution in [0.4, 0.5) is 4.79 Å². The van der Waals surface area contributed by atoms with Gasteiger partial charge in [-0.25, -0.2) is 4.79 Å². The second kappa shape index (κ2) is 12.1. The molecule has 0 aliphatic rings. The molecule has 8 heteroatoms. The number of carbonyl (C=O) groups excluding carboxylic acids is 2. The zero-order valence-corrected chi connectivity index (χ0v) is 16.2. The zero-order chi connectivity index (χ0) is 18.6. The number of thioether (sulfide) groups is 1. The molecule has 0 radical (unpaired) electrons. The summed E-state index contributed by atoms with van der Waals surface area (Å²) >= 11 is 1.27. The van der Waals surface area contributed by atoms with Gasteiger partial charge in [0.2, 0.25) is 0 Å². The van der Waals surface area contributed by atoms with E-state index in [1.165, 1.54) is 11.8 Å². The number of alkyl carbamates (subject to hydrolysis) is 1. The van der Waals surface area contributed by atoms with Gasteiger partial charge in [0.1, 0.15) is 11.4 Å². The summed E-state index contributed by atoms with van der Waals surface area (Å²) in [6.07, 6.45) is 1.81. The first-order valence-corrected chi connectivity index (χ1v) is 9.22. The monoisotopic (exact) mass is 361 g/mol. The van der Waals surface area contributed by atoms with Crippen LogP contribution in [-0.4, -0.2) is 46.7 Å². The minimum Gasteiger partial charge on any atom is -0.444 e. The van der Waals surface area contributed by atoms with Gasteiger partial charge in [0, 0.05) is 19.0 Å². The number of amides is 1. The summed E-state index contributed by atoms with van der Waals surface area (Å²) in [5, 5.41) is 11.4. The van der Waals surface area contributed by atoms with E-state index in [0.717, 1.165) is 12.8 Å². The maximum Gasteiger partial charge on any atom is 0.407 e. The summed E-state index contributed by atoms with van der Waals surface area (Å²) in [5.41, 5.74) is 1.42. The molecule has 0 saturated heterocycles. The standard InChI is InChI=1S/C16H31N3O4S/c1-6-24-14(20)13(9-7-8-10-17-12(2)19-22)11-18-15(21)23-16(3,4)5/h13,22H,6-11H2,1-5H3,(H,17,19)(H,18,21)/t13-/m1/s1. The summed E-state index contributed by atoms with van der Waals surface area (Å²) in [7, 11) is 0. The van der Waals surface area contributed by atoms with Gasteiger partial charge in [0.25, 0.3) is 0 Å². The summed E-state index contributed by atoms with van der Waals surface area (Å²) in [4.78, 5) is 28.0. The third-order valence-corrected chi connectivity index (χ3v) is 3.89. The van der Waals surface area contributed by atoms with Crippen molar-refractivity contribution >= 4 is 28.8 Å². The van der Waals surface area contributed by atoms with Crippen LogP contribution in [0.3, 0.4) is 0 Å². The van der Waals surface area contributed by atoms with Crippen LogP contribution in [0.1, 0.15) is 53.9 Å². The Balaban J connectivity index is 4.34. The van der Waals surface area contributed by atoms with Crippen molar-refractivity contribution in [3.05, 3.63) is 0 Å². The summed E-state index contributed by atoms with van der Waals surface area (Å²) < 4.78 is 5.19. The molecule has 1 amide bonds. The average molecular weight is 362 g/mol. The van der Waals surface area contributed by atoms with Gasteiger partial charge < -0.3 is 10.1 Å². The molecule has 0 fully saturated rings. The van der Waals surface area contributed by atoms with Crippen LogP contribution in [-0.2, 0) is 9.53 Å². The Hall–Kier alpha value is -1.28. The quantitative estimate of drug-likeness (QED) is 0.253. The second-order valence-electron chi connectivity index (χ2n) is 6.41. The molecule has 0 saturated carbocycles. The molecule has 0 bridgehead atoms. The van der Waals surface area contributed by atoms with Crippen LogP contribution >= 0.6 is 11.8 Å². The number of ether oxygens (including phenoxy) is 1. The molecule has 0 heterocycles. The number of aliphatic imine (C=N–C) groups is 1. The maximum atomic E-state index is 12.2. The van der Waals surface area contributed by atoms with E-state index < -0.39 is 11.7 Å². The third kappa shape index (κ3) is 12.2. The van der Waals surface area contributed by atoms with Crippen molar-refractivity contribution in [2.24, 2.45) is 10.9 Å². The lowest BCUT2D eigenvalue weighted by Crippen LogP contribution is -2.36. The number of hydrogen-bond acceptors (Lipinski definition) is 6. The minimum atomic E-state index is -0.557. The van der Waals surface area contributed by atoms with Crippen molar-refractivity contribution in [1.82, 2.24) is 10.8 Å². The third-order valence-electron chi connectivity index (χ3n) is 2.98. The number of hydrogen-bond donors (Lipinski definition) is 3. The number of hydroxylamine groups is 1. The first-order chi connectivity index (χ1) is 11.2. The van der Waals surface area contributed by atoms with Gasteiger partial charge in [-0.3, -0.25) is 20.5 Å². The summed E-state index contributed by atoms with van der Waals surface area (Å²) in [5.74, 6) is 0.951. The molecule has 1 atom stereocenters. The molecule has 140 valence electrons. The van der Waals surface area contributed by atoms with Crippen molar-refractivity contribution in [2.45, 2.75) is 59.5 Å². The van der Waals surface area contributed by atoms with Crippen molar-refractivity contribution in [1.29, 1.82) is 0 Å². The highest BCUT2D eigenvalue weighted by Crippen LogP contribution is 2.17. The Bertz CT molecular complexity index is 422. The fourth-order valence-corrected chi connectivity index (χ4v) is 2.59. The molecule has 24 heavy (non-hydrogen) atoms. The van der Waals surface area contributed by atoms with Crippen molar-refractivity contribution < 1.29 is 19.5 Å². The molecule has 7 nitrogen and oxygen atoms in total. The fraction of sp³-hybridized carbons (Fsp3) is 0.812. The van der Waals surface area contributed by atoms with Gasteiger partial charge in [-0.2, -0.15) is 0 Å². The molecule has 0 aromatic rings. The van der Waals surface area contributed by atoms with E-state index in [4.69, 9.17) is 9.94 Å². The molecular weight excluding hydrogens is 330 g/mol. The van der Waals surface area contributed by atoms with Gasteiger partial charge in [-0.05, 0) is 46.3 Å². The number of nitrogens with one attached hydrogen (secondary N) is 2. The number of nitrogens with zero attached hydrogens (tertiary/aromatic N) is 1. The van der Waals surface area contributed by atoms with Gasteiger partial charge >= 0.3 is 6.09 Å². The van der Waals surface area contributed by atoms with Gasteiger partial charge in [0.15, 0.2) is 5.12 Å². The molecule has 0 aromatic heterocycles. The lowest BCUT2D eigenvalue weighted by atomic mass is 10.0. The van der Waals surface area contributed by atoms with Crippen molar-refractivity contribution in [2.75, 3.05) is 18.8 Å². The van der Waals surface area contributed by atoms with E-state index in [2.05, 4.69) is 10.3 Å². The first kappa shape index (κ1) is 22.7. The van der Waals surface area contributed by atoms with E-state index >= 15 is 0 Å². The topological polar surface area (TPSA) is 100 Å². The van der Waals surface area contributed by atoms with Gasteiger partial charge in [-0.15, -0.1) is 0 Å². The summed E-state index contributed by atoms with van der Waals surface area (Å²) in [6.45, 7) is 9.86. The Labute approximate surface area is 149 Å². The Morgan fingerprint density at radius 2 is 1.96 bits per heavy atom. The van der Waals surface area contributed by atoms with Crippen LogP contribution in [0.25, 0.3) is 0 Å². The normalized spacial score (nSPS) is 13.3. The van der Waals surface area contributed by atoms with Gasteiger partial charge in [0.05, 0.1) is 0 Å².